The Labute approximate surface area is 172 Å². The number of fused-ring (bicyclic) bond motifs is 1. The molecule has 2 heterocycles. The van der Waals surface area contributed by atoms with Crippen molar-refractivity contribution in [3.63, 3.8) is 0 Å². The molecule has 1 aromatic carbocycles. The molecule has 0 atom stereocenters. The number of thioether (sulfide) groups is 1. The number of hydrogen-bond acceptors (Lipinski definition) is 7. The van der Waals surface area contributed by atoms with Gasteiger partial charge in [0.15, 0.2) is 0 Å². The summed E-state index contributed by atoms with van der Waals surface area (Å²) in [7, 11) is -3.57. The Morgan fingerprint density at radius 1 is 1.21 bits per heavy atom. The number of aromatic nitrogens is 2. The van der Waals surface area contributed by atoms with E-state index in [0.29, 0.717) is 18.8 Å². The first-order valence-electron chi connectivity index (χ1n) is 8.66. The minimum absolute atomic E-state index is 0.164. The number of hydrogen-bond donors (Lipinski definition) is 1. The second-order valence-corrected chi connectivity index (χ2v) is 9.59. The van der Waals surface area contributed by atoms with Gasteiger partial charge < -0.3 is 5.32 Å². The van der Waals surface area contributed by atoms with Gasteiger partial charge in [0, 0.05) is 18.8 Å². The molecule has 148 valence electrons. The van der Waals surface area contributed by atoms with Gasteiger partial charge in [-0.25, -0.2) is 18.4 Å². The molecule has 0 spiro atoms. The fraction of sp³-hybridized carbons (Fsp3) is 0.278. The van der Waals surface area contributed by atoms with Gasteiger partial charge in [-0.15, -0.1) is 11.3 Å². The molecule has 0 fully saturated rings. The highest BCUT2D eigenvalue weighted by molar-refractivity contribution is 8.00. The number of carbonyl (C=O) groups is 1. The smallest absolute Gasteiger partial charge is 0.243 e. The molecule has 10 heteroatoms. The van der Waals surface area contributed by atoms with Crippen LogP contribution in [0.5, 0.6) is 0 Å². The van der Waals surface area contributed by atoms with Gasteiger partial charge in [-0.3, -0.25) is 4.79 Å². The minimum atomic E-state index is -3.57. The van der Waals surface area contributed by atoms with Gasteiger partial charge in [0.05, 0.1) is 20.9 Å². The van der Waals surface area contributed by atoms with Gasteiger partial charge in [0.25, 0.3) is 0 Å². The summed E-state index contributed by atoms with van der Waals surface area (Å²) in [4.78, 5) is 20.9. The van der Waals surface area contributed by atoms with Gasteiger partial charge in [-0.05, 0) is 29.6 Å². The number of thiophene rings is 1. The molecule has 0 aliphatic heterocycles. The third-order valence-electron chi connectivity index (χ3n) is 4.01. The van der Waals surface area contributed by atoms with Crippen molar-refractivity contribution in [1.82, 2.24) is 14.3 Å². The Morgan fingerprint density at radius 3 is 2.75 bits per heavy atom. The fourth-order valence-corrected chi connectivity index (χ4v) is 5.90. The highest BCUT2D eigenvalue weighted by Gasteiger charge is 2.21. The zero-order valence-corrected chi connectivity index (χ0v) is 17.9. The highest BCUT2D eigenvalue weighted by Crippen LogP contribution is 2.28. The fourth-order valence-electron chi connectivity index (χ4n) is 2.65. The first-order chi connectivity index (χ1) is 13.5. The quantitative estimate of drug-likeness (QED) is 0.429. The molecule has 0 bridgehead atoms. The van der Waals surface area contributed by atoms with Gasteiger partial charge in [0.1, 0.15) is 11.4 Å². The van der Waals surface area contributed by atoms with Crippen LogP contribution in [0.3, 0.4) is 0 Å². The molecule has 0 saturated carbocycles. The van der Waals surface area contributed by atoms with Crippen LogP contribution in [0.25, 0.3) is 10.2 Å². The minimum Gasteiger partial charge on any atom is -0.325 e. The molecule has 2 aromatic heterocycles. The van der Waals surface area contributed by atoms with Crippen LogP contribution < -0.4 is 5.32 Å². The largest absolute Gasteiger partial charge is 0.325 e. The second kappa shape index (κ2) is 8.99. The number of benzene rings is 1. The van der Waals surface area contributed by atoms with Gasteiger partial charge in [-0.2, -0.15) is 4.31 Å². The molecule has 3 rings (SSSR count). The number of anilines is 1. The Kier molecular flexibility index (Phi) is 6.65. The van der Waals surface area contributed by atoms with Crippen molar-refractivity contribution >= 4 is 54.9 Å². The van der Waals surface area contributed by atoms with Crippen molar-refractivity contribution in [2.45, 2.75) is 23.8 Å². The maximum Gasteiger partial charge on any atom is 0.243 e. The number of nitrogens with one attached hydrogen (secondary N) is 1. The zero-order chi connectivity index (χ0) is 20.1. The Bertz CT molecular complexity index is 1080. The molecule has 0 aliphatic carbocycles. The summed E-state index contributed by atoms with van der Waals surface area (Å²) in [5.41, 5.74) is 1.31. The van der Waals surface area contributed by atoms with Crippen LogP contribution in [0.2, 0.25) is 0 Å². The van der Waals surface area contributed by atoms with E-state index in [0.717, 1.165) is 15.2 Å². The lowest BCUT2D eigenvalue weighted by atomic mass is 10.3. The molecule has 0 saturated heterocycles. The van der Waals surface area contributed by atoms with Gasteiger partial charge in [0.2, 0.25) is 15.9 Å². The van der Waals surface area contributed by atoms with Crippen molar-refractivity contribution in [2.75, 3.05) is 24.2 Å². The first kappa shape index (κ1) is 20.7. The standard InChI is InChI=1S/C18H20N4O3S3/c1-3-22(4-2)28(24,25)14-7-5-6-13(10-14)21-16(23)11-27-18-17-15(8-9-26-17)19-12-20-18/h5-10,12H,3-4,11H2,1-2H3,(H,21,23). The SMILES string of the molecule is CCN(CC)S(=O)(=O)c1cccc(NC(=O)CSc2ncnc3ccsc23)c1. The zero-order valence-electron chi connectivity index (χ0n) is 15.5. The Hall–Kier alpha value is -2.01. The van der Waals surface area contributed by atoms with E-state index in [1.165, 1.54) is 45.9 Å². The Balaban J connectivity index is 1.68. The number of amides is 1. The van der Waals surface area contributed by atoms with E-state index < -0.39 is 10.0 Å². The number of sulfonamides is 1. The number of nitrogens with zero attached hydrogens (tertiary/aromatic N) is 3. The average molecular weight is 437 g/mol. The molecule has 1 amide bonds. The van der Waals surface area contributed by atoms with Crippen molar-refractivity contribution < 1.29 is 13.2 Å². The molecular weight excluding hydrogens is 416 g/mol. The number of carbonyl (C=O) groups excluding carboxylic acids is 1. The van der Waals surface area contributed by atoms with Crippen LogP contribution in [-0.4, -0.2) is 47.4 Å². The molecule has 1 N–H and O–H groups in total. The third kappa shape index (κ3) is 4.52. The first-order valence-corrected chi connectivity index (χ1v) is 12.0. The van der Waals surface area contributed by atoms with Crippen LogP contribution >= 0.6 is 23.1 Å². The molecule has 0 aliphatic rings. The predicted molar refractivity (Wildman–Crippen MR) is 113 cm³/mol. The lowest BCUT2D eigenvalue weighted by Gasteiger charge is -2.18. The van der Waals surface area contributed by atoms with E-state index in [4.69, 9.17) is 0 Å². The van der Waals surface area contributed by atoms with Crippen molar-refractivity contribution in [3.05, 3.63) is 42.0 Å². The summed E-state index contributed by atoms with van der Waals surface area (Å²) in [6.45, 7) is 4.37. The van der Waals surface area contributed by atoms with E-state index in [-0.39, 0.29) is 16.6 Å². The maximum atomic E-state index is 12.6. The van der Waals surface area contributed by atoms with Crippen molar-refractivity contribution in [1.29, 1.82) is 0 Å². The van der Waals surface area contributed by atoms with Crippen LogP contribution in [0.4, 0.5) is 5.69 Å². The van der Waals surface area contributed by atoms with Crippen LogP contribution in [-0.2, 0) is 14.8 Å². The van der Waals surface area contributed by atoms with E-state index in [9.17, 15) is 13.2 Å². The monoisotopic (exact) mass is 436 g/mol. The topological polar surface area (TPSA) is 92.3 Å². The molecule has 0 radical (unpaired) electrons. The highest BCUT2D eigenvalue weighted by atomic mass is 32.2. The van der Waals surface area contributed by atoms with Crippen LogP contribution in [0, 0.1) is 0 Å². The summed E-state index contributed by atoms with van der Waals surface area (Å²) in [5.74, 6) is -0.0671. The predicted octanol–water partition coefficient (Wildman–Crippen LogP) is 3.45. The molecule has 3 aromatic rings. The van der Waals surface area contributed by atoms with E-state index in [2.05, 4.69) is 15.3 Å². The summed E-state index contributed by atoms with van der Waals surface area (Å²) in [5, 5.41) is 5.45. The average Bonchev–Trinajstić information content (AvgIpc) is 3.17. The van der Waals surface area contributed by atoms with Crippen LogP contribution in [0.15, 0.2) is 52.0 Å². The van der Waals surface area contributed by atoms with Crippen LogP contribution in [0.1, 0.15) is 13.8 Å². The van der Waals surface area contributed by atoms with E-state index in [1.807, 2.05) is 11.4 Å². The van der Waals surface area contributed by atoms with E-state index in [1.54, 1.807) is 26.0 Å². The lowest BCUT2D eigenvalue weighted by Crippen LogP contribution is -2.30. The van der Waals surface area contributed by atoms with Crippen molar-refractivity contribution in [2.24, 2.45) is 0 Å². The third-order valence-corrected chi connectivity index (χ3v) is 8.09. The van der Waals surface area contributed by atoms with Crippen molar-refractivity contribution in [3.8, 4) is 0 Å². The second-order valence-electron chi connectivity index (χ2n) is 5.77. The molecule has 0 unspecified atom stereocenters. The maximum absolute atomic E-state index is 12.6. The molecule has 7 nitrogen and oxygen atoms in total. The van der Waals surface area contributed by atoms with E-state index >= 15 is 0 Å². The molecular formula is C18H20N4O3S3. The summed E-state index contributed by atoms with van der Waals surface area (Å²) in [6, 6.07) is 8.23. The number of rotatable bonds is 8. The summed E-state index contributed by atoms with van der Waals surface area (Å²) < 4.78 is 27.6. The van der Waals surface area contributed by atoms with Gasteiger partial charge >= 0.3 is 0 Å². The summed E-state index contributed by atoms with van der Waals surface area (Å²) in [6.07, 6.45) is 1.48. The summed E-state index contributed by atoms with van der Waals surface area (Å²) >= 11 is 2.86. The lowest BCUT2D eigenvalue weighted by molar-refractivity contribution is -0.113. The van der Waals surface area contributed by atoms with Gasteiger partial charge in [-0.1, -0.05) is 31.7 Å². The Morgan fingerprint density at radius 2 is 2.00 bits per heavy atom. The molecule has 28 heavy (non-hydrogen) atoms. The normalized spacial score (nSPS) is 11.8.